The Hall–Kier alpha value is -1.65. The highest BCUT2D eigenvalue weighted by Crippen LogP contribution is 2.65. The van der Waals surface area contributed by atoms with Crippen molar-refractivity contribution in [2.75, 3.05) is 14.2 Å². The SMILES string of the molecule is COC(=O)C1(C(=O)OC)C[C@@H]2C(=O)C(C)=C3CC[C@]3(C)[C@H]2C1. The van der Waals surface area contributed by atoms with E-state index in [-0.39, 0.29) is 29.5 Å². The van der Waals surface area contributed by atoms with E-state index in [0.29, 0.717) is 6.42 Å². The van der Waals surface area contributed by atoms with E-state index in [4.69, 9.17) is 9.47 Å². The third-order valence-corrected chi connectivity index (χ3v) is 6.34. The maximum Gasteiger partial charge on any atom is 0.323 e. The van der Waals surface area contributed by atoms with Gasteiger partial charge in [0.05, 0.1) is 14.2 Å². The van der Waals surface area contributed by atoms with Crippen molar-refractivity contribution in [2.45, 2.75) is 39.5 Å². The highest BCUT2D eigenvalue weighted by molar-refractivity contribution is 6.05. The van der Waals surface area contributed by atoms with E-state index < -0.39 is 17.4 Å². The molecule has 5 nitrogen and oxygen atoms in total. The Labute approximate surface area is 130 Å². The highest BCUT2D eigenvalue weighted by Gasteiger charge is 2.65. The lowest BCUT2D eigenvalue weighted by atomic mass is 9.51. The van der Waals surface area contributed by atoms with Crippen LogP contribution in [0.15, 0.2) is 11.1 Å². The molecule has 0 N–H and O–H groups in total. The second-order valence-electron chi connectivity index (χ2n) is 7.07. The highest BCUT2D eigenvalue weighted by atomic mass is 16.5. The van der Waals surface area contributed by atoms with Crippen LogP contribution in [0.1, 0.15) is 39.5 Å². The third kappa shape index (κ3) is 1.62. The van der Waals surface area contributed by atoms with Crippen molar-refractivity contribution < 1.29 is 23.9 Å². The molecule has 5 heteroatoms. The zero-order chi connectivity index (χ0) is 16.3. The number of hydrogen-bond donors (Lipinski definition) is 0. The van der Waals surface area contributed by atoms with Crippen molar-refractivity contribution in [3.8, 4) is 0 Å². The average Bonchev–Trinajstić information content (AvgIpc) is 2.91. The lowest BCUT2D eigenvalue weighted by Crippen LogP contribution is -2.46. The second kappa shape index (κ2) is 4.67. The van der Waals surface area contributed by atoms with Crippen LogP contribution in [0.3, 0.4) is 0 Å². The maximum absolute atomic E-state index is 12.7. The molecule has 22 heavy (non-hydrogen) atoms. The molecule has 2 saturated carbocycles. The lowest BCUT2D eigenvalue weighted by Gasteiger charge is -2.52. The van der Waals surface area contributed by atoms with Crippen LogP contribution in [0.5, 0.6) is 0 Å². The van der Waals surface area contributed by atoms with Gasteiger partial charge in [0, 0.05) is 5.92 Å². The molecule has 0 bridgehead atoms. The van der Waals surface area contributed by atoms with Crippen molar-refractivity contribution in [3.63, 3.8) is 0 Å². The van der Waals surface area contributed by atoms with Gasteiger partial charge < -0.3 is 9.47 Å². The molecule has 3 aliphatic carbocycles. The summed E-state index contributed by atoms with van der Waals surface area (Å²) >= 11 is 0. The topological polar surface area (TPSA) is 69.7 Å². The smallest absolute Gasteiger partial charge is 0.323 e. The van der Waals surface area contributed by atoms with E-state index >= 15 is 0 Å². The molecule has 0 aliphatic heterocycles. The number of carbonyl (C=O) groups excluding carboxylic acids is 3. The first kappa shape index (κ1) is 15.3. The number of carbonyl (C=O) groups is 3. The van der Waals surface area contributed by atoms with E-state index in [9.17, 15) is 14.4 Å². The number of rotatable bonds is 2. The van der Waals surface area contributed by atoms with E-state index in [0.717, 1.165) is 18.4 Å². The third-order valence-electron chi connectivity index (χ3n) is 6.34. The second-order valence-corrected chi connectivity index (χ2v) is 7.07. The van der Waals surface area contributed by atoms with E-state index in [1.54, 1.807) is 0 Å². The molecule has 0 radical (unpaired) electrons. The zero-order valence-corrected chi connectivity index (χ0v) is 13.5. The minimum atomic E-state index is -1.33. The average molecular weight is 306 g/mol. The van der Waals surface area contributed by atoms with E-state index in [2.05, 4.69) is 6.92 Å². The zero-order valence-electron chi connectivity index (χ0n) is 13.5. The molecule has 0 amide bonds. The van der Waals surface area contributed by atoms with Crippen LogP contribution in [0.25, 0.3) is 0 Å². The first-order valence-corrected chi connectivity index (χ1v) is 7.73. The molecule has 0 saturated heterocycles. The molecule has 0 unspecified atom stereocenters. The number of ether oxygens (including phenoxy) is 2. The van der Waals surface area contributed by atoms with Crippen molar-refractivity contribution in [1.82, 2.24) is 0 Å². The predicted octanol–water partition coefficient (Wildman–Crippen LogP) is 2.04. The van der Waals surface area contributed by atoms with Gasteiger partial charge in [0.15, 0.2) is 11.2 Å². The molecule has 0 aromatic heterocycles. The van der Waals surface area contributed by atoms with Crippen LogP contribution in [-0.2, 0) is 23.9 Å². The summed E-state index contributed by atoms with van der Waals surface area (Å²) in [4.78, 5) is 37.3. The van der Waals surface area contributed by atoms with Gasteiger partial charge in [-0.2, -0.15) is 0 Å². The Morgan fingerprint density at radius 3 is 2.18 bits per heavy atom. The summed E-state index contributed by atoms with van der Waals surface area (Å²) in [6, 6.07) is 0. The Kier molecular flexibility index (Phi) is 3.24. The molecule has 0 heterocycles. The minimum absolute atomic E-state index is 0.0191. The lowest BCUT2D eigenvalue weighted by molar-refractivity contribution is -0.169. The molecule has 0 aromatic rings. The summed E-state index contributed by atoms with van der Waals surface area (Å²) < 4.78 is 9.75. The summed E-state index contributed by atoms with van der Waals surface area (Å²) in [5.41, 5.74) is 0.653. The van der Waals surface area contributed by atoms with Crippen LogP contribution in [0, 0.1) is 22.7 Å². The summed E-state index contributed by atoms with van der Waals surface area (Å²) in [6.07, 6.45) is 2.50. The Morgan fingerprint density at radius 2 is 1.73 bits per heavy atom. The minimum Gasteiger partial charge on any atom is -0.468 e. The number of ketones is 1. The summed E-state index contributed by atoms with van der Waals surface area (Å²) in [7, 11) is 2.55. The molecule has 3 aliphatic rings. The molecule has 3 rings (SSSR count). The van der Waals surface area contributed by atoms with Crippen molar-refractivity contribution in [2.24, 2.45) is 22.7 Å². The molecular weight excluding hydrogens is 284 g/mol. The van der Waals surface area contributed by atoms with Gasteiger partial charge in [0.25, 0.3) is 0 Å². The normalized spacial score (nSPS) is 35.4. The summed E-state index contributed by atoms with van der Waals surface area (Å²) in [5, 5.41) is 0. The number of methoxy groups -OCH3 is 2. The molecule has 2 fully saturated rings. The van der Waals surface area contributed by atoms with Gasteiger partial charge in [0.2, 0.25) is 0 Å². The standard InChI is InChI=1S/C17H22O5/c1-9-11-5-6-16(11,2)12-8-17(14(19)21-3,15(20)22-4)7-10(12)13(9)18/h10,12H,5-8H2,1-4H3/t10-,12-,16-/m0/s1. The molecule has 0 aromatic carbocycles. The quantitative estimate of drug-likeness (QED) is 0.577. The van der Waals surface area contributed by atoms with Crippen LogP contribution >= 0.6 is 0 Å². The van der Waals surface area contributed by atoms with Crippen molar-refractivity contribution in [3.05, 3.63) is 11.1 Å². The van der Waals surface area contributed by atoms with Gasteiger partial charge in [-0.05, 0) is 49.5 Å². The van der Waals surface area contributed by atoms with Gasteiger partial charge in [-0.25, -0.2) is 0 Å². The number of allylic oxidation sites excluding steroid dienone is 2. The van der Waals surface area contributed by atoms with E-state index in [1.165, 1.54) is 19.8 Å². The fourth-order valence-electron chi connectivity index (χ4n) is 4.97. The first-order valence-electron chi connectivity index (χ1n) is 7.73. The van der Waals surface area contributed by atoms with Gasteiger partial charge >= 0.3 is 11.9 Å². The summed E-state index contributed by atoms with van der Waals surface area (Å²) in [6.45, 7) is 4.03. The largest absolute Gasteiger partial charge is 0.468 e. The van der Waals surface area contributed by atoms with Crippen LogP contribution in [-0.4, -0.2) is 31.9 Å². The maximum atomic E-state index is 12.7. The Balaban J connectivity index is 2.05. The van der Waals surface area contributed by atoms with Crippen LogP contribution in [0.4, 0.5) is 0 Å². The van der Waals surface area contributed by atoms with Gasteiger partial charge in [-0.3, -0.25) is 14.4 Å². The number of hydrogen-bond acceptors (Lipinski definition) is 5. The van der Waals surface area contributed by atoms with Crippen molar-refractivity contribution >= 4 is 17.7 Å². The van der Waals surface area contributed by atoms with Crippen LogP contribution < -0.4 is 0 Å². The fourth-order valence-corrected chi connectivity index (χ4v) is 4.97. The number of fused-ring (bicyclic) bond motifs is 3. The van der Waals surface area contributed by atoms with Gasteiger partial charge in [-0.1, -0.05) is 12.5 Å². The Morgan fingerprint density at radius 1 is 1.14 bits per heavy atom. The number of esters is 2. The first-order chi connectivity index (χ1) is 10.3. The molecular formula is C17H22O5. The van der Waals surface area contributed by atoms with Crippen molar-refractivity contribution in [1.29, 1.82) is 0 Å². The molecule has 0 spiro atoms. The van der Waals surface area contributed by atoms with E-state index in [1.807, 2.05) is 6.92 Å². The fraction of sp³-hybridized carbons (Fsp3) is 0.706. The van der Waals surface area contributed by atoms with Gasteiger partial charge in [-0.15, -0.1) is 0 Å². The van der Waals surface area contributed by atoms with Gasteiger partial charge in [0.1, 0.15) is 0 Å². The monoisotopic (exact) mass is 306 g/mol. The molecule has 3 atom stereocenters. The predicted molar refractivity (Wildman–Crippen MR) is 77.7 cm³/mol. The van der Waals surface area contributed by atoms with Crippen LogP contribution in [0.2, 0.25) is 0 Å². The molecule has 120 valence electrons. The number of Topliss-reactive ketones (excluding diaryl/α,β-unsaturated/α-hetero) is 1. The Bertz CT molecular complexity index is 586. The summed E-state index contributed by atoms with van der Waals surface area (Å²) in [5.74, 6) is -1.34.